The summed E-state index contributed by atoms with van der Waals surface area (Å²) in [4.78, 5) is 0. The molecule has 1 aromatic rings. The molecule has 0 aromatic heterocycles. The smallest absolute Gasteiger partial charge is 0.137 e. The first kappa shape index (κ1) is 13.5. The Bertz CT molecular complexity index is 347. The molecule has 3 nitrogen and oxygen atoms in total. The van der Waals surface area contributed by atoms with Gasteiger partial charge in [-0.15, -0.1) is 0 Å². The first-order chi connectivity index (χ1) is 7.44. The highest BCUT2D eigenvalue weighted by molar-refractivity contribution is 9.10. The summed E-state index contributed by atoms with van der Waals surface area (Å²) in [7, 11) is 1.65. The standard InChI is InChI=1S/C12H18BrNO2/c1-12(2,15)8-14-7-9-5-4-6-10(13)11(9)16-3/h4-6,14-15H,7-8H2,1-3H3. The van der Waals surface area contributed by atoms with E-state index >= 15 is 0 Å². The largest absolute Gasteiger partial charge is 0.495 e. The lowest BCUT2D eigenvalue weighted by Gasteiger charge is -2.18. The Hall–Kier alpha value is -0.580. The molecular formula is C12H18BrNO2. The highest BCUT2D eigenvalue weighted by Crippen LogP contribution is 2.28. The van der Waals surface area contributed by atoms with Gasteiger partial charge in [0.15, 0.2) is 0 Å². The van der Waals surface area contributed by atoms with E-state index in [1.807, 2.05) is 18.2 Å². The Morgan fingerprint density at radius 1 is 1.44 bits per heavy atom. The Balaban J connectivity index is 2.64. The van der Waals surface area contributed by atoms with Gasteiger partial charge in [-0.1, -0.05) is 12.1 Å². The van der Waals surface area contributed by atoms with E-state index in [1.165, 1.54) is 0 Å². The second kappa shape index (κ2) is 5.66. The Morgan fingerprint density at radius 2 is 2.12 bits per heavy atom. The van der Waals surface area contributed by atoms with Crippen LogP contribution in [0, 0.1) is 0 Å². The molecule has 90 valence electrons. The van der Waals surface area contributed by atoms with E-state index in [4.69, 9.17) is 4.74 Å². The van der Waals surface area contributed by atoms with Crippen molar-refractivity contribution in [3.8, 4) is 5.75 Å². The lowest BCUT2D eigenvalue weighted by Crippen LogP contribution is -2.34. The van der Waals surface area contributed by atoms with Gasteiger partial charge in [-0.3, -0.25) is 0 Å². The Morgan fingerprint density at radius 3 is 2.69 bits per heavy atom. The van der Waals surface area contributed by atoms with E-state index in [0.717, 1.165) is 15.8 Å². The van der Waals surface area contributed by atoms with E-state index in [1.54, 1.807) is 21.0 Å². The number of methoxy groups -OCH3 is 1. The number of hydrogen-bond donors (Lipinski definition) is 2. The summed E-state index contributed by atoms with van der Waals surface area (Å²) in [5.41, 5.74) is 0.375. The number of halogens is 1. The molecule has 0 aliphatic carbocycles. The van der Waals surface area contributed by atoms with E-state index in [2.05, 4.69) is 21.2 Å². The van der Waals surface area contributed by atoms with Gasteiger partial charge in [-0.05, 0) is 35.8 Å². The maximum Gasteiger partial charge on any atom is 0.137 e. The molecule has 0 saturated carbocycles. The van der Waals surface area contributed by atoms with Crippen LogP contribution in [0.2, 0.25) is 0 Å². The third-order valence-electron chi connectivity index (χ3n) is 2.13. The van der Waals surface area contributed by atoms with Crippen molar-refractivity contribution in [3.63, 3.8) is 0 Å². The molecule has 0 radical (unpaired) electrons. The van der Waals surface area contributed by atoms with Crippen LogP contribution < -0.4 is 10.1 Å². The van der Waals surface area contributed by atoms with E-state index in [9.17, 15) is 5.11 Å². The lowest BCUT2D eigenvalue weighted by molar-refractivity contribution is 0.0794. The van der Waals surface area contributed by atoms with Gasteiger partial charge < -0.3 is 15.2 Å². The predicted molar refractivity (Wildman–Crippen MR) is 68.7 cm³/mol. The normalized spacial score (nSPS) is 11.6. The third-order valence-corrected chi connectivity index (χ3v) is 2.75. The summed E-state index contributed by atoms with van der Waals surface area (Å²) in [6.07, 6.45) is 0. The average Bonchev–Trinajstić information content (AvgIpc) is 2.16. The number of hydrogen-bond acceptors (Lipinski definition) is 3. The fourth-order valence-corrected chi connectivity index (χ4v) is 1.99. The molecule has 1 rings (SSSR count). The zero-order chi connectivity index (χ0) is 12.2. The van der Waals surface area contributed by atoms with Crippen LogP contribution in [-0.4, -0.2) is 24.4 Å². The van der Waals surface area contributed by atoms with E-state index < -0.39 is 5.60 Å². The minimum absolute atomic E-state index is 0.544. The Labute approximate surface area is 105 Å². The molecule has 2 N–H and O–H groups in total. The lowest BCUT2D eigenvalue weighted by atomic mass is 10.1. The number of rotatable bonds is 5. The molecule has 0 fully saturated rings. The monoisotopic (exact) mass is 287 g/mol. The first-order valence-electron chi connectivity index (χ1n) is 5.18. The van der Waals surface area contributed by atoms with Crippen molar-refractivity contribution < 1.29 is 9.84 Å². The van der Waals surface area contributed by atoms with Gasteiger partial charge in [0.05, 0.1) is 17.2 Å². The quantitative estimate of drug-likeness (QED) is 0.873. The molecule has 1 aromatic carbocycles. The number of benzene rings is 1. The number of para-hydroxylation sites is 1. The topological polar surface area (TPSA) is 41.5 Å². The summed E-state index contributed by atoms with van der Waals surface area (Å²) >= 11 is 3.44. The molecule has 0 aliphatic rings. The van der Waals surface area contributed by atoms with Crippen molar-refractivity contribution in [2.24, 2.45) is 0 Å². The van der Waals surface area contributed by atoms with Gasteiger partial charge in [-0.25, -0.2) is 0 Å². The highest BCUT2D eigenvalue weighted by atomic mass is 79.9. The minimum atomic E-state index is -0.695. The summed E-state index contributed by atoms with van der Waals surface area (Å²) in [5.74, 6) is 0.839. The summed E-state index contributed by atoms with van der Waals surface area (Å²) in [5, 5.41) is 12.8. The number of aliphatic hydroxyl groups is 1. The van der Waals surface area contributed by atoms with Gasteiger partial charge >= 0.3 is 0 Å². The number of ether oxygens (including phenoxy) is 1. The molecule has 0 amide bonds. The van der Waals surface area contributed by atoms with E-state index in [-0.39, 0.29) is 0 Å². The van der Waals surface area contributed by atoms with Crippen molar-refractivity contribution >= 4 is 15.9 Å². The predicted octanol–water partition coefficient (Wildman–Crippen LogP) is 2.32. The molecule has 16 heavy (non-hydrogen) atoms. The average molecular weight is 288 g/mol. The van der Waals surface area contributed by atoms with Crippen molar-refractivity contribution in [1.82, 2.24) is 5.32 Å². The second-order valence-electron chi connectivity index (χ2n) is 4.35. The molecule has 0 aliphatic heterocycles. The van der Waals surface area contributed by atoms with Crippen molar-refractivity contribution in [3.05, 3.63) is 28.2 Å². The van der Waals surface area contributed by atoms with Gasteiger partial charge in [0.1, 0.15) is 5.75 Å². The van der Waals surface area contributed by atoms with Crippen LogP contribution in [0.1, 0.15) is 19.4 Å². The maximum absolute atomic E-state index is 9.57. The Kier molecular flexibility index (Phi) is 4.77. The molecule has 0 bridgehead atoms. The van der Waals surface area contributed by atoms with Crippen LogP contribution in [-0.2, 0) is 6.54 Å². The van der Waals surface area contributed by atoms with E-state index in [0.29, 0.717) is 13.1 Å². The molecule has 4 heteroatoms. The van der Waals surface area contributed by atoms with Crippen molar-refractivity contribution in [2.75, 3.05) is 13.7 Å². The molecule has 0 heterocycles. The first-order valence-corrected chi connectivity index (χ1v) is 5.98. The zero-order valence-corrected chi connectivity index (χ0v) is 11.5. The summed E-state index contributed by atoms with van der Waals surface area (Å²) in [6, 6.07) is 5.91. The van der Waals surface area contributed by atoms with Crippen LogP contribution in [0.3, 0.4) is 0 Å². The highest BCUT2D eigenvalue weighted by Gasteiger charge is 2.12. The fourth-order valence-electron chi connectivity index (χ4n) is 1.42. The van der Waals surface area contributed by atoms with Crippen LogP contribution in [0.25, 0.3) is 0 Å². The third kappa shape index (κ3) is 4.12. The van der Waals surface area contributed by atoms with Crippen LogP contribution >= 0.6 is 15.9 Å². The summed E-state index contributed by atoms with van der Waals surface area (Å²) in [6.45, 7) is 4.77. The van der Waals surface area contributed by atoms with Crippen molar-refractivity contribution in [1.29, 1.82) is 0 Å². The molecule has 0 unspecified atom stereocenters. The van der Waals surface area contributed by atoms with Gasteiger partial charge in [0, 0.05) is 18.7 Å². The maximum atomic E-state index is 9.57. The molecule has 0 saturated heterocycles. The zero-order valence-electron chi connectivity index (χ0n) is 9.88. The van der Waals surface area contributed by atoms with Gasteiger partial charge in [0.25, 0.3) is 0 Å². The SMILES string of the molecule is COc1c(Br)cccc1CNCC(C)(C)O. The molecule has 0 atom stereocenters. The second-order valence-corrected chi connectivity index (χ2v) is 5.20. The van der Waals surface area contributed by atoms with Gasteiger partial charge in [0.2, 0.25) is 0 Å². The van der Waals surface area contributed by atoms with Crippen molar-refractivity contribution in [2.45, 2.75) is 26.0 Å². The molecule has 0 spiro atoms. The minimum Gasteiger partial charge on any atom is -0.495 e. The van der Waals surface area contributed by atoms with Gasteiger partial charge in [-0.2, -0.15) is 0 Å². The van der Waals surface area contributed by atoms with Crippen LogP contribution in [0.5, 0.6) is 5.75 Å². The number of nitrogens with one attached hydrogen (secondary N) is 1. The fraction of sp³-hybridized carbons (Fsp3) is 0.500. The summed E-state index contributed by atoms with van der Waals surface area (Å²) < 4.78 is 6.25. The molecular weight excluding hydrogens is 270 g/mol. The van der Waals surface area contributed by atoms with Crippen LogP contribution in [0.15, 0.2) is 22.7 Å². The van der Waals surface area contributed by atoms with Crippen LogP contribution in [0.4, 0.5) is 0 Å².